The molecule has 0 saturated carbocycles. The summed E-state index contributed by atoms with van der Waals surface area (Å²) in [7, 11) is 0. The predicted molar refractivity (Wildman–Crippen MR) is 93.0 cm³/mol. The summed E-state index contributed by atoms with van der Waals surface area (Å²) in [4.78, 5) is 1.21. The predicted octanol–water partition coefficient (Wildman–Crippen LogP) is 6.63. The zero-order valence-corrected chi connectivity index (χ0v) is 14.3. The van der Waals surface area contributed by atoms with Crippen LogP contribution in [0.25, 0.3) is 10.1 Å². The highest BCUT2D eigenvalue weighted by molar-refractivity contribution is 9.10. The van der Waals surface area contributed by atoms with Gasteiger partial charge in [-0.05, 0) is 52.5 Å². The molecule has 3 rings (SSSR count). The number of nitrogens with one attached hydrogen (secondary N) is 1. The Bertz CT molecular complexity index is 746. The molecule has 1 heterocycles. The lowest BCUT2D eigenvalue weighted by molar-refractivity contribution is 0.627. The zero-order chi connectivity index (χ0) is 15.0. The van der Waals surface area contributed by atoms with Crippen molar-refractivity contribution in [3.8, 4) is 0 Å². The van der Waals surface area contributed by atoms with Crippen LogP contribution in [0.5, 0.6) is 0 Å². The van der Waals surface area contributed by atoms with Crippen LogP contribution in [0.15, 0.2) is 46.9 Å². The molecule has 1 aromatic heterocycles. The van der Waals surface area contributed by atoms with Gasteiger partial charge in [-0.3, -0.25) is 0 Å². The van der Waals surface area contributed by atoms with Crippen LogP contribution in [-0.2, 0) is 0 Å². The number of halogens is 3. The van der Waals surface area contributed by atoms with Crippen molar-refractivity contribution in [2.24, 2.45) is 0 Å². The molecule has 0 spiro atoms. The van der Waals surface area contributed by atoms with Crippen LogP contribution in [0.2, 0.25) is 5.02 Å². The Hall–Kier alpha value is -1.10. The highest BCUT2D eigenvalue weighted by Crippen LogP contribution is 2.36. The normalized spacial score (nSPS) is 12.6. The van der Waals surface area contributed by atoms with Crippen molar-refractivity contribution in [3.05, 3.63) is 62.7 Å². The fourth-order valence-corrected chi connectivity index (χ4v) is 4.17. The molecule has 0 aliphatic heterocycles. The van der Waals surface area contributed by atoms with E-state index in [2.05, 4.69) is 46.4 Å². The van der Waals surface area contributed by atoms with Gasteiger partial charge in [-0.1, -0.05) is 29.8 Å². The molecule has 0 aliphatic rings. The number of rotatable bonds is 3. The van der Waals surface area contributed by atoms with Gasteiger partial charge < -0.3 is 5.32 Å². The minimum absolute atomic E-state index is 0.0849. The zero-order valence-electron chi connectivity index (χ0n) is 11.2. The van der Waals surface area contributed by atoms with Crippen LogP contribution in [0, 0.1) is 5.82 Å². The number of hydrogen-bond donors (Lipinski definition) is 1. The van der Waals surface area contributed by atoms with Crippen LogP contribution in [0.4, 0.5) is 10.1 Å². The topological polar surface area (TPSA) is 12.0 Å². The molecule has 2 aromatic carbocycles. The van der Waals surface area contributed by atoms with Crippen molar-refractivity contribution >= 4 is 54.6 Å². The molecule has 5 heteroatoms. The summed E-state index contributed by atoms with van der Waals surface area (Å²) in [6.45, 7) is 2.07. The van der Waals surface area contributed by atoms with Gasteiger partial charge in [-0.2, -0.15) is 0 Å². The van der Waals surface area contributed by atoms with Crippen LogP contribution in [0.3, 0.4) is 0 Å². The summed E-state index contributed by atoms with van der Waals surface area (Å²) in [5.74, 6) is -0.355. The first kappa shape index (κ1) is 14.8. The molecule has 0 aliphatic carbocycles. The standard InChI is InChI=1S/C16H12BrClFNS/c1-9(15-6-10-4-2-3-5-14(10)21-15)20-16-12(17)7-11(19)8-13(16)18/h2-9,20H,1H3. The van der Waals surface area contributed by atoms with Crippen molar-refractivity contribution in [1.82, 2.24) is 0 Å². The maximum Gasteiger partial charge on any atom is 0.125 e. The van der Waals surface area contributed by atoms with Gasteiger partial charge in [-0.25, -0.2) is 4.39 Å². The van der Waals surface area contributed by atoms with Gasteiger partial charge in [0.25, 0.3) is 0 Å². The first-order chi connectivity index (χ1) is 10.0. The third-order valence-electron chi connectivity index (χ3n) is 3.24. The Labute approximate surface area is 139 Å². The van der Waals surface area contributed by atoms with Crippen molar-refractivity contribution in [2.75, 3.05) is 5.32 Å². The van der Waals surface area contributed by atoms with Gasteiger partial charge in [-0.15, -0.1) is 11.3 Å². The molecule has 1 N–H and O–H groups in total. The van der Waals surface area contributed by atoms with E-state index in [1.807, 2.05) is 12.1 Å². The molecule has 0 bridgehead atoms. The van der Waals surface area contributed by atoms with Gasteiger partial charge in [0, 0.05) is 14.0 Å². The molecule has 0 fully saturated rings. The average Bonchev–Trinajstić information content (AvgIpc) is 2.86. The van der Waals surface area contributed by atoms with Crippen molar-refractivity contribution in [2.45, 2.75) is 13.0 Å². The Morgan fingerprint density at radius 2 is 2.00 bits per heavy atom. The van der Waals surface area contributed by atoms with E-state index >= 15 is 0 Å². The summed E-state index contributed by atoms with van der Waals surface area (Å²) >= 11 is 11.2. The largest absolute Gasteiger partial charge is 0.376 e. The van der Waals surface area contributed by atoms with Gasteiger partial charge in [0.05, 0.1) is 16.8 Å². The number of benzene rings is 2. The molecule has 3 aromatic rings. The fourth-order valence-electron chi connectivity index (χ4n) is 2.18. The maximum atomic E-state index is 13.3. The fraction of sp³-hybridized carbons (Fsp3) is 0.125. The van der Waals surface area contributed by atoms with Crippen molar-refractivity contribution in [3.63, 3.8) is 0 Å². The molecular formula is C16H12BrClFNS. The molecule has 1 atom stereocenters. The minimum Gasteiger partial charge on any atom is -0.376 e. The van der Waals surface area contributed by atoms with Crippen molar-refractivity contribution in [1.29, 1.82) is 0 Å². The van der Waals surface area contributed by atoms with E-state index in [9.17, 15) is 4.39 Å². The molecule has 0 amide bonds. The molecule has 0 radical (unpaired) electrons. The average molecular weight is 385 g/mol. The number of anilines is 1. The van der Waals surface area contributed by atoms with Crippen LogP contribution >= 0.6 is 38.9 Å². The second-order valence-corrected chi connectivity index (χ2v) is 7.17. The summed E-state index contributed by atoms with van der Waals surface area (Å²) in [6.07, 6.45) is 0. The quantitative estimate of drug-likeness (QED) is 0.534. The summed E-state index contributed by atoms with van der Waals surface area (Å²) < 4.78 is 15.1. The lowest BCUT2D eigenvalue weighted by Gasteiger charge is -2.16. The third-order valence-corrected chi connectivity index (χ3v) is 5.46. The smallest absolute Gasteiger partial charge is 0.125 e. The molecule has 1 unspecified atom stereocenters. The highest BCUT2D eigenvalue weighted by Gasteiger charge is 2.14. The van der Waals surface area contributed by atoms with Crippen LogP contribution in [-0.4, -0.2) is 0 Å². The Morgan fingerprint density at radius 3 is 2.71 bits per heavy atom. The van der Waals surface area contributed by atoms with E-state index in [-0.39, 0.29) is 11.9 Å². The Morgan fingerprint density at radius 1 is 1.24 bits per heavy atom. The second-order valence-electron chi connectivity index (χ2n) is 4.80. The Kier molecular flexibility index (Phi) is 4.20. The first-order valence-electron chi connectivity index (χ1n) is 6.44. The third kappa shape index (κ3) is 3.07. The van der Waals surface area contributed by atoms with Gasteiger partial charge in [0.15, 0.2) is 0 Å². The molecule has 0 saturated heterocycles. The molecule has 1 nitrogen and oxygen atoms in total. The summed E-state index contributed by atoms with van der Waals surface area (Å²) in [5, 5.41) is 4.95. The van der Waals surface area contributed by atoms with E-state index in [1.165, 1.54) is 27.1 Å². The van der Waals surface area contributed by atoms with E-state index in [4.69, 9.17) is 11.6 Å². The number of hydrogen-bond acceptors (Lipinski definition) is 2. The van der Waals surface area contributed by atoms with Crippen molar-refractivity contribution < 1.29 is 4.39 Å². The SMILES string of the molecule is CC(Nc1c(Cl)cc(F)cc1Br)c1cc2ccccc2s1. The van der Waals surface area contributed by atoms with E-state index in [1.54, 1.807) is 11.3 Å². The summed E-state index contributed by atoms with van der Waals surface area (Å²) in [6, 6.07) is 13.3. The minimum atomic E-state index is -0.355. The van der Waals surface area contributed by atoms with E-state index < -0.39 is 0 Å². The first-order valence-corrected chi connectivity index (χ1v) is 8.43. The second kappa shape index (κ2) is 5.95. The molecule has 108 valence electrons. The van der Waals surface area contributed by atoms with E-state index in [0.717, 1.165) is 0 Å². The lowest BCUT2D eigenvalue weighted by Crippen LogP contribution is -2.06. The van der Waals surface area contributed by atoms with Gasteiger partial charge in [0.1, 0.15) is 5.82 Å². The van der Waals surface area contributed by atoms with Gasteiger partial charge >= 0.3 is 0 Å². The molecule has 21 heavy (non-hydrogen) atoms. The van der Waals surface area contributed by atoms with Crippen LogP contribution in [0.1, 0.15) is 17.8 Å². The van der Waals surface area contributed by atoms with E-state index in [0.29, 0.717) is 15.2 Å². The lowest BCUT2D eigenvalue weighted by atomic mass is 10.2. The molecular weight excluding hydrogens is 373 g/mol. The van der Waals surface area contributed by atoms with Gasteiger partial charge in [0.2, 0.25) is 0 Å². The maximum absolute atomic E-state index is 13.3. The highest BCUT2D eigenvalue weighted by atomic mass is 79.9. The monoisotopic (exact) mass is 383 g/mol. The number of fused-ring (bicyclic) bond motifs is 1. The summed E-state index contributed by atoms with van der Waals surface area (Å²) in [5.41, 5.74) is 0.711. The Balaban J connectivity index is 1.91. The number of thiophene rings is 1. The van der Waals surface area contributed by atoms with Crippen LogP contribution < -0.4 is 5.32 Å².